The highest BCUT2D eigenvalue weighted by Crippen LogP contribution is 2.14. The van der Waals surface area contributed by atoms with E-state index in [1.165, 1.54) is 7.11 Å². The van der Waals surface area contributed by atoms with Gasteiger partial charge in [-0.2, -0.15) is 4.98 Å². The predicted octanol–water partition coefficient (Wildman–Crippen LogP) is 0.0107. The first-order valence-electron chi connectivity index (χ1n) is 5.58. The van der Waals surface area contributed by atoms with E-state index in [-0.39, 0.29) is 11.8 Å². The Bertz CT molecular complexity index is 489. The number of amides is 2. The van der Waals surface area contributed by atoms with Crippen LogP contribution in [-0.2, 0) is 9.59 Å². The van der Waals surface area contributed by atoms with Gasteiger partial charge in [0.25, 0.3) is 0 Å². The van der Waals surface area contributed by atoms with Crippen LogP contribution in [0, 0.1) is 6.92 Å². The van der Waals surface area contributed by atoms with E-state index >= 15 is 0 Å². The molecule has 18 heavy (non-hydrogen) atoms. The smallest absolute Gasteiger partial charge is 0.249 e. The highest BCUT2D eigenvalue weighted by atomic mass is 16.5. The number of imide groups is 1. The minimum atomic E-state index is -0.491. The summed E-state index contributed by atoms with van der Waals surface area (Å²) in [6.45, 7) is 1.81. The minimum absolute atomic E-state index is 0.249. The number of anilines is 1. The Labute approximate surface area is 104 Å². The first-order valence-corrected chi connectivity index (χ1v) is 5.58. The lowest BCUT2D eigenvalue weighted by Crippen LogP contribution is -2.47. The van der Waals surface area contributed by atoms with Crippen LogP contribution in [-0.4, -0.2) is 34.9 Å². The maximum absolute atomic E-state index is 11.6. The number of aryl methyl sites for hydroxylation is 1. The van der Waals surface area contributed by atoms with Gasteiger partial charge in [-0.1, -0.05) is 0 Å². The molecule has 2 amide bonds. The Kier molecular flexibility index (Phi) is 3.40. The van der Waals surface area contributed by atoms with Gasteiger partial charge in [0.2, 0.25) is 23.6 Å². The predicted molar refractivity (Wildman–Crippen MR) is 63.1 cm³/mol. The molecule has 2 rings (SSSR count). The van der Waals surface area contributed by atoms with Gasteiger partial charge in [0.1, 0.15) is 6.04 Å². The number of hydrogen-bond acceptors (Lipinski definition) is 6. The summed E-state index contributed by atoms with van der Waals surface area (Å²) in [7, 11) is 1.51. The van der Waals surface area contributed by atoms with Crippen LogP contribution in [0.15, 0.2) is 6.07 Å². The largest absolute Gasteiger partial charge is 0.481 e. The molecule has 0 aliphatic carbocycles. The van der Waals surface area contributed by atoms with Gasteiger partial charge in [-0.05, 0) is 13.3 Å². The van der Waals surface area contributed by atoms with Gasteiger partial charge in [-0.15, -0.1) is 0 Å². The zero-order chi connectivity index (χ0) is 13.1. The minimum Gasteiger partial charge on any atom is -0.481 e. The third-order valence-corrected chi connectivity index (χ3v) is 2.58. The number of nitrogens with one attached hydrogen (secondary N) is 2. The van der Waals surface area contributed by atoms with Crippen LogP contribution in [0.4, 0.5) is 5.95 Å². The summed E-state index contributed by atoms with van der Waals surface area (Å²) in [6.07, 6.45) is 0.747. The molecule has 1 aliphatic rings. The van der Waals surface area contributed by atoms with E-state index in [9.17, 15) is 9.59 Å². The molecular formula is C11H14N4O3. The number of carbonyl (C=O) groups is 2. The summed E-state index contributed by atoms with van der Waals surface area (Å²) in [6, 6.07) is 1.20. The summed E-state index contributed by atoms with van der Waals surface area (Å²) >= 11 is 0. The molecule has 7 heteroatoms. The van der Waals surface area contributed by atoms with Crippen molar-refractivity contribution in [2.45, 2.75) is 25.8 Å². The van der Waals surface area contributed by atoms with Gasteiger partial charge in [0.15, 0.2) is 0 Å². The Hall–Kier alpha value is -2.18. The van der Waals surface area contributed by atoms with Crippen molar-refractivity contribution in [2.24, 2.45) is 0 Å². The first kappa shape index (κ1) is 12.3. The number of piperidine rings is 1. The van der Waals surface area contributed by atoms with Gasteiger partial charge in [-0.3, -0.25) is 14.9 Å². The van der Waals surface area contributed by atoms with Crippen LogP contribution < -0.4 is 15.4 Å². The van der Waals surface area contributed by atoms with Crippen molar-refractivity contribution < 1.29 is 14.3 Å². The molecule has 1 aromatic heterocycles. The maximum Gasteiger partial charge on any atom is 0.249 e. The summed E-state index contributed by atoms with van der Waals surface area (Å²) < 4.78 is 5.02. The van der Waals surface area contributed by atoms with Crippen LogP contribution >= 0.6 is 0 Å². The Morgan fingerprint density at radius 3 is 2.89 bits per heavy atom. The molecule has 2 heterocycles. The lowest BCUT2D eigenvalue weighted by atomic mass is 10.1. The fourth-order valence-corrected chi connectivity index (χ4v) is 1.70. The second-order valence-electron chi connectivity index (χ2n) is 4.02. The Morgan fingerprint density at radius 1 is 1.44 bits per heavy atom. The lowest BCUT2D eigenvalue weighted by Gasteiger charge is -2.21. The summed E-state index contributed by atoms with van der Waals surface area (Å²) in [5.41, 5.74) is 0.733. The van der Waals surface area contributed by atoms with E-state index in [0.29, 0.717) is 24.7 Å². The SMILES string of the molecule is COc1cc(C)nc(NC2CCC(=O)NC2=O)n1. The maximum atomic E-state index is 11.6. The molecule has 0 saturated carbocycles. The van der Waals surface area contributed by atoms with Crippen LogP contribution in [0.1, 0.15) is 18.5 Å². The normalized spacial score (nSPS) is 19.3. The fraction of sp³-hybridized carbons (Fsp3) is 0.455. The molecule has 0 bridgehead atoms. The third-order valence-electron chi connectivity index (χ3n) is 2.58. The molecule has 1 atom stereocenters. The molecule has 96 valence electrons. The van der Waals surface area contributed by atoms with Gasteiger partial charge >= 0.3 is 0 Å². The molecule has 1 aliphatic heterocycles. The van der Waals surface area contributed by atoms with Crippen LogP contribution in [0.3, 0.4) is 0 Å². The molecule has 0 aromatic carbocycles. The number of aromatic nitrogens is 2. The van der Waals surface area contributed by atoms with Crippen molar-refractivity contribution in [1.82, 2.24) is 15.3 Å². The van der Waals surface area contributed by atoms with Gasteiger partial charge in [0, 0.05) is 18.2 Å². The first-order chi connectivity index (χ1) is 8.58. The van der Waals surface area contributed by atoms with Gasteiger partial charge in [0.05, 0.1) is 7.11 Å². The number of nitrogens with zero attached hydrogens (tertiary/aromatic N) is 2. The molecular weight excluding hydrogens is 236 g/mol. The lowest BCUT2D eigenvalue weighted by molar-refractivity contribution is -0.133. The van der Waals surface area contributed by atoms with E-state index < -0.39 is 6.04 Å². The third kappa shape index (κ3) is 2.73. The van der Waals surface area contributed by atoms with Crippen molar-refractivity contribution >= 4 is 17.8 Å². The van der Waals surface area contributed by atoms with Gasteiger partial charge < -0.3 is 10.1 Å². The molecule has 2 N–H and O–H groups in total. The van der Waals surface area contributed by atoms with Crippen molar-refractivity contribution in [3.8, 4) is 5.88 Å². The molecule has 1 fully saturated rings. The molecule has 0 spiro atoms. The Balaban J connectivity index is 2.11. The van der Waals surface area contributed by atoms with Crippen molar-refractivity contribution in [2.75, 3.05) is 12.4 Å². The number of carbonyl (C=O) groups excluding carboxylic acids is 2. The van der Waals surface area contributed by atoms with E-state index in [1.54, 1.807) is 13.0 Å². The quantitative estimate of drug-likeness (QED) is 0.734. The van der Waals surface area contributed by atoms with Gasteiger partial charge in [-0.25, -0.2) is 4.98 Å². The van der Waals surface area contributed by atoms with E-state index in [1.807, 2.05) is 0 Å². The second kappa shape index (κ2) is 4.99. The molecule has 0 radical (unpaired) electrons. The summed E-state index contributed by atoms with van der Waals surface area (Å²) in [5.74, 6) is 0.148. The van der Waals surface area contributed by atoms with E-state index in [2.05, 4.69) is 20.6 Å². The molecule has 7 nitrogen and oxygen atoms in total. The number of methoxy groups -OCH3 is 1. The number of hydrogen-bond donors (Lipinski definition) is 2. The van der Waals surface area contributed by atoms with E-state index in [4.69, 9.17) is 4.74 Å². The average molecular weight is 250 g/mol. The van der Waals surface area contributed by atoms with Crippen LogP contribution in [0.2, 0.25) is 0 Å². The fourth-order valence-electron chi connectivity index (χ4n) is 1.70. The summed E-state index contributed by atoms with van der Waals surface area (Å²) in [4.78, 5) is 30.8. The topological polar surface area (TPSA) is 93.2 Å². The van der Waals surface area contributed by atoms with Crippen LogP contribution in [0.5, 0.6) is 5.88 Å². The highest BCUT2D eigenvalue weighted by Gasteiger charge is 2.27. The van der Waals surface area contributed by atoms with Crippen molar-refractivity contribution in [3.63, 3.8) is 0 Å². The number of rotatable bonds is 3. The number of ether oxygens (including phenoxy) is 1. The zero-order valence-electron chi connectivity index (χ0n) is 10.2. The molecule has 1 aromatic rings. The molecule has 1 unspecified atom stereocenters. The van der Waals surface area contributed by atoms with Crippen molar-refractivity contribution in [3.05, 3.63) is 11.8 Å². The monoisotopic (exact) mass is 250 g/mol. The standard InChI is InChI=1S/C11H14N4O3/c1-6-5-9(18-2)15-11(12-6)13-7-3-4-8(16)14-10(7)17/h5,7H,3-4H2,1-2H3,(H,12,13,15)(H,14,16,17). The second-order valence-corrected chi connectivity index (χ2v) is 4.02. The average Bonchev–Trinajstić information content (AvgIpc) is 2.32. The highest BCUT2D eigenvalue weighted by molar-refractivity contribution is 6.01. The summed E-state index contributed by atoms with van der Waals surface area (Å²) in [5, 5.41) is 5.17. The Morgan fingerprint density at radius 2 is 2.22 bits per heavy atom. The van der Waals surface area contributed by atoms with Crippen molar-refractivity contribution in [1.29, 1.82) is 0 Å². The molecule has 1 saturated heterocycles. The zero-order valence-corrected chi connectivity index (χ0v) is 10.2. The van der Waals surface area contributed by atoms with E-state index in [0.717, 1.165) is 5.69 Å². The van der Waals surface area contributed by atoms with Crippen LogP contribution in [0.25, 0.3) is 0 Å².